The molecule has 0 aromatic heterocycles. The first kappa shape index (κ1) is 15.9. The predicted molar refractivity (Wildman–Crippen MR) is 76.9 cm³/mol. The highest BCUT2D eigenvalue weighted by Crippen LogP contribution is 2.07. The SMILES string of the molecule is CCCNC(CO)CCN1CCN(C(C)C)CC1. The maximum Gasteiger partial charge on any atom is 0.0585 e. The van der Waals surface area contributed by atoms with E-state index in [0.717, 1.165) is 25.9 Å². The minimum atomic E-state index is 0.256. The van der Waals surface area contributed by atoms with Gasteiger partial charge in [-0.3, -0.25) is 4.90 Å². The summed E-state index contributed by atoms with van der Waals surface area (Å²) in [4.78, 5) is 5.06. The molecule has 1 saturated heterocycles. The molecule has 1 heterocycles. The first-order valence-electron chi connectivity index (χ1n) is 7.48. The summed E-state index contributed by atoms with van der Waals surface area (Å²) in [6, 6.07) is 0.941. The van der Waals surface area contributed by atoms with Crippen LogP contribution in [0, 0.1) is 0 Å². The summed E-state index contributed by atoms with van der Waals surface area (Å²) in [7, 11) is 0. The molecule has 108 valence electrons. The van der Waals surface area contributed by atoms with E-state index in [1.807, 2.05) is 0 Å². The van der Waals surface area contributed by atoms with Gasteiger partial charge in [0, 0.05) is 38.3 Å². The molecule has 0 saturated carbocycles. The zero-order valence-corrected chi connectivity index (χ0v) is 12.4. The van der Waals surface area contributed by atoms with Crippen LogP contribution in [-0.2, 0) is 0 Å². The molecule has 0 amide bonds. The molecule has 1 rings (SSSR count). The number of piperazine rings is 1. The molecule has 1 aliphatic heterocycles. The van der Waals surface area contributed by atoms with Crippen molar-refractivity contribution in [2.75, 3.05) is 45.9 Å². The van der Waals surface area contributed by atoms with Crippen LogP contribution in [0.25, 0.3) is 0 Å². The maximum absolute atomic E-state index is 9.31. The first-order valence-corrected chi connectivity index (χ1v) is 7.48. The summed E-state index contributed by atoms with van der Waals surface area (Å²) in [5.41, 5.74) is 0. The van der Waals surface area contributed by atoms with Gasteiger partial charge in [0.05, 0.1) is 6.61 Å². The van der Waals surface area contributed by atoms with Crippen LogP contribution < -0.4 is 5.32 Å². The Morgan fingerprint density at radius 2 is 1.83 bits per heavy atom. The molecule has 1 unspecified atom stereocenters. The lowest BCUT2D eigenvalue weighted by Crippen LogP contribution is -2.49. The van der Waals surface area contributed by atoms with Gasteiger partial charge in [-0.25, -0.2) is 0 Å². The van der Waals surface area contributed by atoms with Gasteiger partial charge in [-0.2, -0.15) is 0 Å². The van der Waals surface area contributed by atoms with Crippen molar-refractivity contribution >= 4 is 0 Å². The van der Waals surface area contributed by atoms with Crippen molar-refractivity contribution in [1.29, 1.82) is 0 Å². The Morgan fingerprint density at radius 1 is 1.17 bits per heavy atom. The van der Waals surface area contributed by atoms with E-state index < -0.39 is 0 Å². The van der Waals surface area contributed by atoms with E-state index in [1.54, 1.807) is 0 Å². The average molecular weight is 257 g/mol. The monoisotopic (exact) mass is 257 g/mol. The van der Waals surface area contributed by atoms with Crippen molar-refractivity contribution < 1.29 is 5.11 Å². The summed E-state index contributed by atoms with van der Waals surface area (Å²) in [6.45, 7) is 13.8. The van der Waals surface area contributed by atoms with Gasteiger partial charge >= 0.3 is 0 Å². The molecule has 0 spiro atoms. The summed E-state index contributed by atoms with van der Waals surface area (Å²) in [6.07, 6.45) is 2.18. The zero-order valence-electron chi connectivity index (χ0n) is 12.4. The number of aliphatic hydroxyl groups excluding tert-OH is 1. The van der Waals surface area contributed by atoms with Gasteiger partial charge in [-0.1, -0.05) is 6.92 Å². The van der Waals surface area contributed by atoms with Gasteiger partial charge < -0.3 is 15.3 Å². The van der Waals surface area contributed by atoms with Crippen molar-refractivity contribution in [2.24, 2.45) is 0 Å². The number of nitrogens with zero attached hydrogens (tertiary/aromatic N) is 2. The van der Waals surface area contributed by atoms with Crippen molar-refractivity contribution in [3.05, 3.63) is 0 Å². The standard InChI is InChI=1S/C14H31N3O/c1-4-6-15-14(12-18)5-7-16-8-10-17(11-9-16)13(2)3/h13-15,18H,4-12H2,1-3H3. The summed E-state index contributed by atoms with van der Waals surface area (Å²) in [5, 5.41) is 12.7. The Labute approximate surface area is 112 Å². The molecule has 1 aliphatic rings. The minimum Gasteiger partial charge on any atom is -0.395 e. The molecule has 0 aromatic rings. The summed E-state index contributed by atoms with van der Waals surface area (Å²) >= 11 is 0. The lowest BCUT2D eigenvalue weighted by molar-refractivity contribution is 0.102. The van der Waals surface area contributed by atoms with Gasteiger partial charge in [-0.05, 0) is 39.8 Å². The lowest BCUT2D eigenvalue weighted by atomic mass is 10.2. The molecule has 1 fully saturated rings. The third kappa shape index (κ3) is 5.65. The molecule has 0 aliphatic carbocycles. The summed E-state index contributed by atoms with van der Waals surface area (Å²) < 4.78 is 0. The number of nitrogens with one attached hydrogen (secondary N) is 1. The second kappa shape index (κ2) is 8.86. The molecule has 4 nitrogen and oxygen atoms in total. The van der Waals surface area contributed by atoms with Crippen LogP contribution in [0.15, 0.2) is 0 Å². The molecule has 2 N–H and O–H groups in total. The smallest absolute Gasteiger partial charge is 0.0585 e. The van der Waals surface area contributed by atoms with Crippen LogP contribution in [0.3, 0.4) is 0 Å². The molecular weight excluding hydrogens is 226 g/mol. The van der Waals surface area contributed by atoms with Gasteiger partial charge in [-0.15, -0.1) is 0 Å². The van der Waals surface area contributed by atoms with Crippen LogP contribution in [0.4, 0.5) is 0 Å². The van der Waals surface area contributed by atoms with E-state index >= 15 is 0 Å². The third-order valence-corrected chi connectivity index (χ3v) is 3.83. The van der Waals surface area contributed by atoms with Gasteiger partial charge in [0.2, 0.25) is 0 Å². The molecule has 1 atom stereocenters. The fraction of sp³-hybridized carbons (Fsp3) is 1.00. The Hall–Kier alpha value is -0.160. The lowest BCUT2D eigenvalue weighted by Gasteiger charge is -2.37. The van der Waals surface area contributed by atoms with Gasteiger partial charge in [0.25, 0.3) is 0 Å². The van der Waals surface area contributed by atoms with E-state index in [1.165, 1.54) is 26.2 Å². The number of hydrogen-bond acceptors (Lipinski definition) is 4. The Morgan fingerprint density at radius 3 is 2.33 bits per heavy atom. The summed E-state index contributed by atoms with van der Waals surface area (Å²) in [5.74, 6) is 0. The van der Waals surface area contributed by atoms with Crippen LogP contribution in [0.1, 0.15) is 33.6 Å². The van der Waals surface area contributed by atoms with Gasteiger partial charge in [0.15, 0.2) is 0 Å². The van der Waals surface area contributed by atoms with E-state index in [0.29, 0.717) is 6.04 Å². The maximum atomic E-state index is 9.31. The second-order valence-electron chi connectivity index (χ2n) is 5.59. The van der Waals surface area contributed by atoms with E-state index in [9.17, 15) is 5.11 Å². The minimum absolute atomic E-state index is 0.256. The number of hydrogen-bond donors (Lipinski definition) is 2. The number of rotatable bonds is 8. The van der Waals surface area contributed by atoms with Crippen LogP contribution >= 0.6 is 0 Å². The van der Waals surface area contributed by atoms with Crippen LogP contribution in [0.2, 0.25) is 0 Å². The molecular formula is C14H31N3O. The normalized spacial score (nSPS) is 20.5. The zero-order chi connectivity index (χ0) is 13.4. The Balaban J connectivity index is 2.16. The van der Waals surface area contributed by atoms with Crippen molar-refractivity contribution in [3.8, 4) is 0 Å². The van der Waals surface area contributed by atoms with Crippen LogP contribution in [-0.4, -0.2) is 72.9 Å². The van der Waals surface area contributed by atoms with Gasteiger partial charge in [0.1, 0.15) is 0 Å². The Bertz CT molecular complexity index is 203. The van der Waals surface area contributed by atoms with Crippen molar-refractivity contribution in [2.45, 2.75) is 45.7 Å². The fourth-order valence-electron chi connectivity index (χ4n) is 2.45. The third-order valence-electron chi connectivity index (χ3n) is 3.83. The Kier molecular flexibility index (Phi) is 7.82. The largest absolute Gasteiger partial charge is 0.395 e. The van der Waals surface area contributed by atoms with Crippen LogP contribution in [0.5, 0.6) is 0 Å². The van der Waals surface area contributed by atoms with Crippen molar-refractivity contribution in [3.63, 3.8) is 0 Å². The molecule has 0 aromatic carbocycles. The second-order valence-corrected chi connectivity index (χ2v) is 5.59. The molecule has 0 bridgehead atoms. The fourth-order valence-corrected chi connectivity index (χ4v) is 2.45. The molecule has 18 heavy (non-hydrogen) atoms. The highest BCUT2D eigenvalue weighted by atomic mass is 16.3. The van der Waals surface area contributed by atoms with E-state index in [2.05, 4.69) is 35.9 Å². The predicted octanol–water partition coefficient (Wildman–Crippen LogP) is 0.763. The molecule has 0 radical (unpaired) electrons. The van der Waals surface area contributed by atoms with Crippen molar-refractivity contribution in [1.82, 2.24) is 15.1 Å². The topological polar surface area (TPSA) is 38.7 Å². The molecule has 4 heteroatoms. The quantitative estimate of drug-likeness (QED) is 0.673. The van der Waals surface area contributed by atoms with E-state index in [4.69, 9.17) is 0 Å². The number of aliphatic hydroxyl groups is 1. The van der Waals surface area contributed by atoms with E-state index in [-0.39, 0.29) is 12.6 Å². The first-order chi connectivity index (χ1) is 8.67. The average Bonchev–Trinajstić information content (AvgIpc) is 2.39. The highest BCUT2D eigenvalue weighted by Gasteiger charge is 2.19. The highest BCUT2D eigenvalue weighted by molar-refractivity contribution is 4.76.